The molecule has 1 aliphatic rings. The van der Waals surface area contributed by atoms with Crippen LogP contribution in [0.2, 0.25) is 0 Å². The molecule has 18 heavy (non-hydrogen) atoms. The molecule has 1 fully saturated rings. The van der Waals surface area contributed by atoms with Gasteiger partial charge in [0.25, 0.3) is 0 Å². The fourth-order valence-corrected chi connectivity index (χ4v) is 1.98. The fraction of sp³-hybridized carbons (Fsp3) is 0.231. The molecule has 1 atom stereocenters. The maximum Gasteiger partial charge on any atom is 0.323 e. The van der Waals surface area contributed by atoms with Crippen molar-refractivity contribution in [3.8, 4) is 0 Å². The van der Waals surface area contributed by atoms with Crippen LogP contribution in [0.5, 0.6) is 0 Å². The lowest BCUT2D eigenvalue weighted by Crippen LogP contribution is -2.29. The van der Waals surface area contributed by atoms with Gasteiger partial charge in [0.2, 0.25) is 0 Å². The Labute approximate surface area is 105 Å². The maximum absolute atomic E-state index is 13.6. The maximum atomic E-state index is 13.6. The number of carbonyl (C=O) groups is 1. The second-order valence-electron chi connectivity index (χ2n) is 4.20. The van der Waals surface area contributed by atoms with Crippen LogP contribution in [-0.4, -0.2) is 23.3 Å². The Kier molecular flexibility index (Phi) is 3.14. The average Bonchev–Trinajstić information content (AvgIpc) is 2.59. The molecule has 5 heteroatoms. The first-order valence-electron chi connectivity index (χ1n) is 5.57. The van der Waals surface area contributed by atoms with Crippen LogP contribution in [0.25, 0.3) is 0 Å². The Morgan fingerprint density at radius 3 is 2.94 bits per heavy atom. The molecule has 2 amide bonds. The van der Waals surface area contributed by atoms with E-state index >= 15 is 0 Å². The van der Waals surface area contributed by atoms with E-state index in [0.717, 1.165) is 0 Å². The zero-order chi connectivity index (χ0) is 13.3. The minimum Gasteiger partial charge on any atom is -0.307 e. The van der Waals surface area contributed by atoms with Crippen LogP contribution in [0.15, 0.2) is 30.9 Å². The quantitative estimate of drug-likeness (QED) is 0.791. The van der Waals surface area contributed by atoms with Gasteiger partial charge in [0, 0.05) is 6.54 Å². The summed E-state index contributed by atoms with van der Waals surface area (Å²) in [5.41, 5.74) is 1.13. The number of amides is 2. The Hall–Kier alpha value is -2.17. The molecular formula is C13H14FN3O. The highest BCUT2D eigenvalue weighted by molar-refractivity contribution is 6.06. The summed E-state index contributed by atoms with van der Waals surface area (Å²) in [5.74, 6) is -0.275. The van der Waals surface area contributed by atoms with Crippen LogP contribution in [0, 0.1) is 18.2 Å². The van der Waals surface area contributed by atoms with E-state index in [9.17, 15) is 9.18 Å². The molecule has 2 rings (SSSR count). The summed E-state index contributed by atoms with van der Waals surface area (Å²) in [6.07, 6.45) is 1.58. The van der Waals surface area contributed by atoms with Crippen LogP contribution in [0.1, 0.15) is 17.2 Å². The van der Waals surface area contributed by atoms with Gasteiger partial charge in [-0.3, -0.25) is 10.7 Å². The Balaban J connectivity index is 2.40. The number of amidine groups is 1. The van der Waals surface area contributed by atoms with E-state index in [1.165, 1.54) is 11.0 Å². The number of nitrogens with zero attached hydrogens (tertiary/aromatic N) is 1. The lowest BCUT2D eigenvalue weighted by molar-refractivity contribution is 0.211. The zero-order valence-electron chi connectivity index (χ0n) is 10.0. The summed E-state index contributed by atoms with van der Waals surface area (Å²) in [4.78, 5) is 13.1. The van der Waals surface area contributed by atoms with E-state index < -0.39 is 6.04 Å². The fourth-order valence-electron chi connectivity index (χ4n) is 1.98. The van der Waals surface area contributed by atoms with Crippen molar-refractivity contribution in [3.63, 3.8) is 0 Å². The van der Waals surface area contributed by atoms with Crippen LogP contribution < -0.4 is 5.32 Å². The number of carbonyl (C=O) groups excluding carboxylic acids is 1. The molecule has 1 saturated heterocycles. The van der Waals surface area contributed by atoms with Crippen molar-refractivity contribution in [2.75, 3.05) is 6.54 Å². The van der Waals surface area contributed by atoms with Crippen molar-refractivity contribution in [3.05, 3.63) is 47.8 Å². The third-order valence-electron chi connectivity index (χ3n) is 2.92. The number of hydrogen-bond donors (Lipinski definition) is 2. The minimum absolute atomic E-state index is 0.0603. The molecule has 1 aliphatic heterocycles. The average molecular weight is 247 g/mol. The molecule has 0 spiro atoms. The molecule has 1 unspecified atom stereocenters. The number of benzene rings is 1. The lowest BCUT2D eigenvalue weighted by Gasteiger charge is -2.21. The zero-order valence-corrected chi connectivity index (χ0v) is 10.0. The number of aryl methyl sites for hydroxylation is 1. The van der Waals surface area contributed by atoms with E-state index in [1.54, 1.807) is 25.1 Å². The van der Waals surface area contributed by atoms with Crippen molar-refractivity contribution in [2.45, 2.75) is 13.0 Å². The minimum atomic E-state index is -0.564. The van der Waals surface area contributed by atoms with E-state index in [0.29, 0.717) is 17.7 Å². The Morgan fingerprint density at radius 2 is 2.33 bits per heavy atom. The highest BCUT2D eigenvalue weighted by Gasteiger charge is 2.36. The van der Waals surface area contributed by atoms with Crippen LogP contribution >= 0.6 is 0 Å². The molecule has 1 heterocycles. The molecule has 2 N–H and O–H groups in total. The first kappa shape index (κ1) is 12.3. The van der Waals surface area contributed by atoms with Gasteiger partial charge in [-0.2, -0.15) is 0 Å². The van der Waals surface area contributed by atoms with Crippen LogP contribution in [0.4, 0.5) is 9.18 Å². The second kappa shape index (κ2) is 4.60. The van der Waals surface area contributed by atoms with Gasteiger partial charge >= 0.3 is 6.03 Å². The van der Waals surface area contributed by atoms with Crippen molar-refractivity contribution in [2.24, 2.45) is 0 Å². The number of halogens is 1. The van der Waals surface area contributed by atoms with E-state index in [4.69, 9.17) is 5.41 Å². The topological polar surface area (TPSA) is 56.2 Å². The normalized spacial score (nSPS) is 19.0. The summed E-state index contributed by atoms with van der Waals surface area (Å²) < 4.78 is 13.6. The molecule has 94 valence electrons. The van der Waals surface area contributed by atoms with Gasteiger partial charge < -0.3 is 4.90 Å². The first-order valence-corrected chi connectivity index (χ1v) is 5.57. The predicted molar refractivity (Wildman–Crippen MR) is 67.0 cm³/mol. The van der Waals surface area contributed by atoms with Gasteiger partial charge in [-0.25, -0.2) is 9.18 Å². The predicted octanol–water partition coefficient (Wildman–Crippen LogP) is 2.36. The Morgan fingerprint density at radius 1 is 1.61 bits per heavy atom. The third-order valence-corrected chi connectivity index (χ3v) is 2.92. The molecule has 0 radical (unpaired) electrons. The standard InChI is InChI=1S/C13H14FN3O/c1-3-6-17-11(12(15)16-13(17)18)9-5-4-8(2)10(14)7-9/h3-5,7,11H,1,6H2,2H3,(H2,15,16,18). The van der Waals surface area contributed by atoms with Crippen LogP contribution in [-0.2, 0) is 0 Å². The van der Waals surface area contributed by atoms with Crippen molar-refractivity contribution in [1.29, 1.82) is 5.41 Å². The van der Waals surface area contributed by atoms with Crippen molar-refractivity contribution in [1.82, 2.24) is 10.2 Å². The third kappa shape index (κ3) is 1.99. The van der Waals surface area contributed by atoms with Crippen molar-refractivity contribution >= 4 is 11.9 Å². The molecule has 1 aromatic carbocycles. The summed E-state index contributed by atoms with van der Waals surface area (Å²) in [5, 5.41) is 10.2. The molecule has 1 aromatic rings. The van der Waals surface area contributed by atoms with Gasteiger partial charge in [0.1, 0.15) is 17.7 Å². The summed E-state index contributed by atoms with van der Waals surface area (Å²) >= 11 is 0. The second-order valence-corrected chi connectivity index (χ2v) is 4.20. The highest BCUT2D eigenvalue weighted by atomic mass is 19.1. The van der Waals surface area contributed by atoms with E-state index in [1.807, 2.05) is 0 Å². The first-order chi connectivity index (χ1) is 8.54. The number of rotatable bonds is 3. The highest BCUT2D eigenvalue weighted by Crippen LogP contribution is 2.26. The number of urea groups is 1. The smallest absolute Gasteiger partial charge is 0.307 e. The molecular weight excluding hydrogens is 233 g/mol. The summed E-state index contributed by atoms with van der Waals surface area (Å²) in [6.45, 7) is 5.56. The van der Waals surface area contributed by atoms with Crippen molar-refractivity contribution < 1.29 is 9.18 Å². The summed E-state index contributed by atoms with van der Waals surface area (Å²) in [7, 11) is 0. The van der Waals surface area contributed by atoms with Gasteiger partial charge in [0.15, 0.2) is 0 Å². The molecule has 0 aliphatic carbocycles. The van der Waals surface area contributed by atoms with Gasteiger partial charge in [0.05, 0.1) is 0 Å². The van der Waals surface area contributed by atoms with E-state index in [2.05, 4.69) is 11.9 Å². The van der Waals surface area contributed by atoms with Gasteiger partial charge in [-0.05, 0) is 24.1 Å². The van der Waals surface area contributed by atoms with Crippen LogP contribution in [0.3, 0.4) is 0 Å². The number of hydrogen-bond acceptors (Lipinski definition) is 2. The monoisotopic (exact) mass is 247 g/mol. The molecule has 0 bridgehead atoms. The number of nitrogens with one attached hydrogen (secondary N) is 2. The van der Waals surface area contributed by atoms with Gasteiger partial charge in [-0.15, -0.1) is 6.58 Å². The Bertz CT molecular complexity index is 527. The summed E-state index contributed by atoms with van der Waals surface area (Å²) in [6, 6.07) is 3.82. The lowest BCUT2D eigenvalue weighted by atomic mass is 10.0. The van der Waals surface area contributed by atoms with E-state index in [-0.39, 0.29) is 17.7 Å². The SMILES string of the molecule is C=CCN1C(=O)NC(=N)C1c1ccc(C)c(F)c1. The van der Waals surface area contributed by atoms with Gasteiger partial charge in [-0.1, -0.05) is 18.2 Å². The molecule has 0 aromatic heterocycles. The molecule has 0 saturated carbocycles. The largest absolute Gasteiger partial charge is 0.323 e. The molecule has 4 nitrogen and oxygen atoms in total.